The SMILES string of the molecule is [C-]#[N+]c1cc(C#N)cc(-c2ccc3c(c2)c2ccccc2n3-c2cc(C#N)ccc2-c2ccc(-c3c(C)cccc3C(F)(F)F)cc2-n2c3ccccc3c3cc(-c4cc(C#N)cc([N+]#[C-])c4)ccc32)c1. The molecule has 0 fully saturated rings. The lowest BCUT2D eigenvalue weighted by Gasteiger charge is -2.21. The molecule has 9 aromatic carbocycles. The molecule has 0 spiro atoms. The van der Waals surface area contributed by atoms with Crippen LogP contribution in [-0.2, 0) is 6.18 Å². The molecule has 0 aliphatic carbocycles. The van der Waals surface area contributed by atoms with E-state index in [-0.39, 0.29) is 5.56 Å². The Morgan fingerprint density at radius 2 is 0.915 bits per heavy atom. The summed E-state index contributed by atoms with van der Waals surface area (Å²) in [6.45, 7) is 17.0. The van der Waals surface area contributed by atoms with Gasteiger partial charge in [-0.15, -0.1) is 0 Å². The first-order chi connectivity index (χ1) is 34.5. The van der Waals surface area contributed by atoms with Crippen molar-refractivity contribution in [2.75, 3.05) is 0 Å². The summed E-state index contributed by atoms with van der Waals surface area (Å²) in [5, 5.41) is 33.6. The Hall–Kier alpha value is -10.2. The van der Waals surface area contributed by atoms with Crippen LogP contribution in [0.1, 0.15) is 27.8 Å². The molecule has 0 aliphatic heterocycles. The summed E-state index contributed by atoms with van der Waals surface area (Å²) in [6, 6.07) is 59.5. The topological polar surface area (TPSA) is 90.0 Å². The third-order valence-electron chi connectivity index (χ3n) is 13.1. The summed E-state index contributed by atoms with van der Waals surface area (Å²) in [4.78, 5) is 7.21. The second kappa shape index (κ2) is 16.9. The van der Waals surface area contributed by atoms with Crippen molar-refractivity contribution in [1.82, 2.24) is 9.13 Å². The number of benzene rings is 9. The van der Waals surface area contributed by atoms with Gasteiger partial charge in [-0.05, 0) is 143 Å². The first-order valence-electron chi connectivity index (χ1n) is 22.3. The normalized spacial score (nSPS) is 11.3. The Balaban J connectivity index is 1.21. The predicted molar refractivity (Wildman–Crippen MR) is 273 cm³/mol. The molecule has 71 heavy (non-hydrogen) atoms. The summed E-state index contributed by atoms with van der Waals surface area (Å²) in [7, 11) is 0. The van der Waals surface area contributed by atoms with Crippen LogP contribution in [0.15, 0.2) is 176 Å². The summed E-state index contributed by atoms with van der Waals surface area (Å²) >= 11 is 0. The second-order valence-corrected chi connectivity index (χ2v) is 17.2. The molecule has 0 bridgehead atoms. The molecule has 11 rings (SSSR count). The molecule has 11 aromatic rings. The zero-order valence-electron chi connectivity index (χ0n) is 37.5. The van der Waals surface area contributed by atoms with Crippen molar-refractivity contribution in [1.29, 1.82) is 15.8 Å². The number of nitrogens with zero attached hydrogens (tertiary/aromatic N) is 7. The van der Waals surface area contributed by atoms with E-state index in [9.17, 15) is 29.0 Å². The molecule has 0 amide bonds. The van der Waals surface area contributed by atoms with Crippen LogP contribution < -0.4 is 0 Å². The van der Waals surface area contributed by atoms with Crippen molar-refractivity contribution < 1.29 is 13.2 Å². The number of halogens is 3. The van der Waals surface area contributed by atoms with Gasteiger partial charge >= 0.3 is 6.18 Å². The van der Waals surface area contributed by atoms with Gasteiger partial charge < -0.3 is 9.13 Å². The monoisotopic (exact) mass is 919 g/mol. The molecule has 0 N–H and O–H groups in total. The highest BCUT2D eigenvalue weighted by atomic mass is 19.4. The highest BCUT2D eigenvalue weighted by Gasteiger charge is 2.34. The highest BCUT2D eigenvalue weighted by molar-refractivity contribution is 6.13. The van der Waals surface area contributed by atoms with Crippen molar-refractivity contribution in [2.24, 2.45) is 0 Å². The standard InChI is InChI=1S/C61H32F3N7/c1-36-9-8-12-53(61(62,63)64)60(36)42-16-20-50(59(32-42)71-55-14-7-5-11-48(55)52-31-41(18-22-57(52)71)44-24-39(35-67)26-46(29-44)69-3)49-19-15-37(33-65)27-58(49)70-54-13-6-4-10-47(54)51-30-40(17-21-56(51)70)43-23-38(34-66)25-45(28-43)68-2/h4-32H,1H3. The number of hydrogen-bond acceptors (Lipinski definition) is 3. The molecule has 0 atom stereocenters. The first-order valence-corrected chi connectivity index (χ1v) is 22.3. The summed E-state index contributed by atoms with van der Waals surface area (Å²) < 4.78 is 49.0. The largest absolute Gasteiger partial charge is 0.417 e. The van der Waals surface area contributed by atoms with Crippen LogP contribution >= 0.6 is 0 Å². The number of rotatable bonds is 6. The Bertz CT molecular complexity index is 4240. The molecule has 0 saturated carbocycles. The molecule has 0 saturated heterocycles. The van der Waals surface area contributed by atoms with E-state index in [0.29, 0.717) is 67.3 Å². The Kier molecular flexibility index (Phi) is 10.3. The molecular weight excluding hydrogens is 888 g/mol. The van der Waals surface area contributed by atoms with E-state index >= 15 is 0 Å². The molecule has 0 aliphatic rings. The van der Waals surface area contributed by atoms with E-state index < -0.39 is 11.7 Å². The average molecular weight is 920 g/mol. The molecule has 0 unspecified atom stereocenters. The van der Waals surface area contributed by atoms with E-state index in [1.165, 1.54) is 6.07 Å². The minimum Gasteiger partial charge on any atom is -0.309 e. The third-order valence-corrected chi connectivity index (χ3v) is 13.1. The van der Waals surface area contributed by atoms with E-state index in [1.807, 2.05) is 109 Å². The van der Waals surface area contributed by atoms with Crippen molar-refractivity contribution in [3.05, 3.63) is 227 Å². The van der Waals surface area contributed by atoms with Gasteiger partial charge in [-0.3, -0.25) is 0 Å². The van der Waals surface area contributed by atoms with Gasteiger partial charge in [0.15, 0.2) is 11.4 Å². The van der Waals surface area contributed by atoms with Gasteiger partial charge in [-0.1, -0.05) is 78.9 Å². The molecule has 2 heterocycles. The van der Waals surface area contributed by atoms with Crippen molar-refractivity contribution in [2.45, 2.75) is 13.1 Å². The number of aromatic nitrogens is 2. The summed E-state index contributed by atoms with van der Waals surface area (Å²) in [5.41, 5.74) is 10.7. The van der Waals surface area contributed by atoms with Crippen molar-refractivity contribution in [3.8, 4) is 74.1 Å². The van der Waals surface area contributed by atoms with Gasteiger partial charge in [0, 0.05) is 43.8 Å². The van der Waals surface area contributed by atoms with Gasteiger partial charge in [0.25, 0.3) is 0 Å². The lowest BCUT2D eigenvalue weighted by atomic mass is 9.91. The molecule has 7 nitrogen and oxygen atoms in total. The van der Waals surface area contributed by atoms with Crippen LogP contribution in [0.25, 0.3) is 109 Å². The maximum atomic E-state index is 15.0. The van der Waals surface area contributed by atoms with Gasteiger partial charge in [-0.2, -0.15) is 29.0 Å². The minimum atomic E-state index is -4.64. The van der Waals surface area contributed by atoms with Crippen molar-refractivity contribution >= 4 is 55.0 Å². The van der Waals surface area contributed by atoms with Crippen LogP contribution in [0.3, 0.4) is 0 Å². The molecule has 332 valence electrons. The quantitative estimate of drug-likeness (QED) is 0.156. The van der Waals surface area contributed by atoms with Crippen LogP contribution in [0, 0.1) is 54.1 Å². The molecule has 10 heteroatoms. The third kappa shape index (κ3) is 7.27. The minimum absolute atomic E-state index is 0.0610. The lowest BCUT2D eigenvalue weighted by Crippen LogP contribution is -2.08. The fraction of sp³-hybridized carbons (Fsp3) is 0.0328. The number of fused-ring (bicyclic) bond motifs is 6. The zero-order valence-corrected chi connectivity index (χ0v) is 37.5. The maximum Gasteiger partial charge on any atom is 0.417 e. The molecule has 2 aromatic heterocycles. The van der Waals surface area contributed by atoms with Crippen LogP contribution in [0.5, 0.6) is 0 Å². The smallest absolute Gasteiger partial charge is 0.309 e. The van der Waals surface area contributed by atoms with Crippen molar-refractivity contribution in [3.63, 3.8) is 0 Å². The summed E-state index contributed by atoms with van der Waals surface area (Å²) in [6.07, 6.45) is -4.64. The fourth-order valence-corrected chi connectivity index (χ4v) is 10.0. The van der Waals surface area contributed by atoms with Crippen LogP contribution in [0.4, 0.5) is 24.5 Å². The number of para-hydroxylation sites is 2. The van der Waals surface area contributed by atoms with E-state index in [2.05, 4.69) is 37.0 Å². The number of hydrogen-bond donors (Lipinski definition) is 0. The van der Waals surface area contributed by atoms with E-state index in [4.69, 9.17) is 13.1 Å². The highest BCUT2D eigenvalue weighted by Crippen LogP contribution is 2.46. The fourth-order valence-electron chi connectivity index (χ4n) is 10.0. The van der Waals surface area contributed by atoms with Crippen LogP contribution in [-0.4, -0.2) is 9.13 Å². The first kappa shape index (κ1) is 43.4. The van der Waals surface area contributed by atoms with Gasteiger partial charge in [0.2, 0.25) is 0 Å². The predicted octanol–water partition coefficient (Wildman–Crippen LogP) is 16.6. The Morgan fingerprint density at radius 1 is 0.437 bits per heavy atom. The number of aryl methyl sites for hydroxylation is 1. The number of alkyl halides is 3. The van der Waals surface area contributed by atoms with Gasteiger partial charge in [0.05, 0.1) is 75.9 Å². The molecule has 0 radical (unpaired) electrons. The Labute approximate surface area is 405 Å². The summed E-state index contributed by atoms with van der Waals surface area (Å²) in [5.74, 6) is 0. The molecular formula is C61H32F3N7. The number of nitriles is 3. The Morgan fingerprint density at radius 3 is 1.42 bits per heavy atom. The van der Waals surface area contributed by atoms with Gasteiger partial charge in [0.1, 0.15) is 0 Å². The van der Waals surface area contributed by atoms with E-state index in [1.54, 1.807) is 61.5 Å². The maximum absolute atomic E-state index is 15.0. The average Bonchev–Trinajstić information content (AvgIpc) is 3.91. The zero-order chi connectivity index (χ0) is 49.1. The second-order valence-electron chi connectivity index (χ2n) is 17.2. The van der Waals surface area contributed by atoms with E-state index in [0.717, 1.165) is 66.4 Å². The van der Waals surface area contributed by atoms with Gasteiger partial charge in [-0.25, -0.2) is 9.69 Å². The van der Waals surface area contributed by atoms with Crippen LogP contribution in [0.2, 0.25) is 0 Å². The lowest BCUT2D eigenvalue weighted by molar-refractivity contribution is -0.137.